The molecule has 1 amide bonds. The SMILES string of the molecule is CCC(C(=O)O)c1ccccc1N1Cc2ccccc2C1=O. The molecule has 0 aliphatic carbocycles. The first-order valence-electron chi connectivity index (χ1n) is 7.35. The summed E-state index contributed by atoms with van der Waals surface area (Å²) in [4.78, 5) is 25.8. The van der Waals surface area contributed by atoms with Crippen LogP contribution in [0.25, 0.3) is 0 Å². The molecule has 0 aromatic heterocycles. The molecule has 1 heterocycles. The summed E-state index contributed by atoms with van der Waals surface area (Å²) in [5.41, 5.74) is 3.06. The molecule has 22 heavy (non-hydrogen) atoms. The van der Waals surface area contributed by atoms with E-state index in [4.69, 9.17) is 0 Å². The number of aliphatic carboxylic acids is 1. The minimum absolute atomic E-state index is 0.0664. The van der Waals surface area contributed by atoms with Gasteiger partial charge in [-0.15, -0.1) is 0 Å². The van der Waals surface area contributed by atoms with Crippen LogP contribution in [0.1, 0.15) is 40.7 Å². The zero-order valence-corrected chi connectivity index (χ0v) is 12.3. The maximum atomic E-state index is 12.6. The topological polar surface area (TPSA) is 57.6 Å². The number of nitrogens with zero attached hydrogens (tertiary/aromatic N) is 1. The lowest BCUT2D eigenvalue weighted by Gasteiger charge is -2.22. The lowest BCUT2D eigenvalue weighted by molar-refractivity contribution is -0.138. The van der Waals surface area contributed by atoms with Gasteiger partial charge in [-0.05, 0) is 29.7 Å². The number of anilines is 1. The number of carbonyl (C=O) groups is 2. The first-order valence-corrected chi connectivity index (χ1v) is 7.35. The van der Waals surface area contributed by atoms with Gasteiger partial charge >= 0.3 is 5.97 Å². The Morgan fingerprint density at radius 3 is 2.55 bits per heavy atom. The Kier molecular flexibility index (Phi) is 3.67. The number of hydrogen-bond donors (Lipinski definition) is 1. The highest BCUT2D eigenvalue weighted by molar-refractivity contribution is 6.10. The van der Waals surface area contributed by atoms with Crippen molar-refractivity contribution in [2.75, 3.05) is 4.90 Å². The molecule has 1 atom stereocenters. The van der Waals surface area contributed by atoms with Crippen LogP contribution in [-0.4, -0.2) is 17.0 Å². The molecule has 0 saturated heterocycles. The molecule has 0 spiro atoms. The lowest BCUT2D eigenvalue weighted by atomic mass is 9.94. The predicted octanol–water partition coefficient (Wildman–Crippen LogP) is 3.43. The number of carbonyl (C=O) groups excluding carboxylic acids is 1. The van der Waals surface area contributed by atoms with Crippen molar-refractivity contribution in [2.24, 2.45) is 0 Å². The molecule has 2 aromatic rings. The molecule has 0 fully saturated rings. The van der Waals surface area contributed by atoms with Crippen molar-refractivity contribution in [2.45, 2.75) is 25.8 Å². The molecule has 4 nitrogen and oxygen atoms in total. The van der Waals surface area contributed by atoms with Gasteiger partial charge in [0.05, 0.1) is 12.5 Å². The number of amides is 1. The van der Waals surface area contributed by atoms with Crippen LogP contribution in [-0.2, 0) is 11.3 Å². The Balaban J connectivity index is 2.04. The van der Waals surface area contributed by atoms with Gasteiger partial charge in [-0.25, -0.2) is 0 Å². The van der Waals surface area contributed by atoms with E-state index in [1.165, 1.54) is 0 Å². The van der Waals surface area contributed by atoms with Crippen LogP contribution in [0.2, 0.25) is 0 Å². The van der Waals surface area contributed by atoms with E-state index in [1.807, 2.05) is 49.4 Å². The second-order valence-electron chi connectivity index (χ2n) is 5.41. The van der Waals surface area contributed by atoms with Crippen molar-refractivity contribution in [3.8, 4) is 0 Å². The summed E-state index contributed by atoms with van der Waals surface area (Å²) in [6, 6.07) is 14.8. The van der Waals surface area contributed by atoms with Gasteiger partial charge in [0.2, 0.25) is 0 Å². The van der Waals surface area contributed by atoms with Crippen LogP contribution in [0.4, 0.5) is 5.69 Å². The van der Waals surface area contributed by atoms with Crippen LogP contribution in [0.5, 0.6) is 0 Å². The highest BCUT2D eigenvalue weighted by Gasteiger charge is 2.31. The number of hydrogen-bond acceptors (Lipinski definition) is 2. The van der Waals surface area contributed by atoms with Crippen LogP contribution in [0, 0.1) is 0 Å². The average Bonchev–Trinajstić information content (AvgIpc) is 2.86. The third-order valence-corrected chi connectivity index (χ3v) is 4.13. The minimum Gasteiger partial charge on any atom is -0.481 e. The molecule has 1 unspecified atom stereocenters. The second kappa shape index (κ2) is 5.64. The van der Waals surface area contributed by atoms with Gasteiger partial charge in [0, 0.05) is 11.3 Å². The first-order chi connectivity index (χ1) is 10.6. The molecule has 3 rings (SSSR count). The summed E-state index contributed by atoms with van der Waals surface area (Å²) in [5.74, 6) is -1.53. The standard InChI is InChI=1S/C18H17NO3/c1-2-13(18(21)22)15-9-5-6-10-16(15)19-11-12-7-3-4-8-14(12)17(19)20/h3-10,13H,2,11H2,1H3,(H,21,22). The van der Waals surface area contributed by atoms with Crippen molar-refractivity contribution in [1.82, 2.24) is 0 Å². The molecule has 0 bridgehead atoms. The van der Waals surface area contributed by atoms with Gasteiger partial charge < -0.3 is 10.0 Å². The molecular weight excluding hydrogens is 278 g/mol. The number of carboxylic acids is 1. The van der Waals surface area contributed by atoms with Gasteiger partial charge in [0.15, 0.2) is 0 Å². The summed E-state index contributed by atoms with van der Waals surface area (Å²) in [6.45, 7) is 2.33. The molecule has 1 N–H and O–H groups in total. The lowest BCUT2D eigenvalue weighted by Crippen LogP contribution is -2.25. The number of carboxylic acid groups (broad SMARTS) is 1. The summed E-state index contributed by atoms with van der Waals surface area (Å²) < 4.78 is 0. The molecule has 4 heteroatoms. The summed E-state index contributed by atoms with van der Waals surface area (Å²) in [7, 11) is 0. The van der Waals surface area contributed by atoms with Crippen molar-refractivity contribution >= 4 is 17.6 Å². The molecular formula is C18H17NO3. The largest absolute Gasteiger partial charge is 0.481 e. The number of para-hydroxylation sites is 1. The summed E-state index contributed by atoms with van der Waals surface area (Å²) in [6.07, 6.45) is 0.487. The third kappa shape index (κ3) is 2.26. The normalized spacial score (nSPS) is 14.8. The van der Waals surface area contributed by atoms with Gasteiger partial charge in [-0.2, -0.15) is 0 Å². The Bertz CT molecular complexity index is 739. The highest BCUT2D eigenvalue weighted by atomic mass is 16.4. The molecule has 1 aliphatic heterocycles. The number of benzene rings is 2. The van der Waals surface area contributed by atoms with Gasteiger partial charge in [-0.1, -0.05) is 43.3 Å². The zero-order chi connectivity index (χ0) is 15.7. The smallest absolute Gasteiger partial charge is 0.311 e. The molecule has 112 valence electrons. The van der Waals surface area contributed by atoms with Crippen LogP contribution < -0.4 is 4.90 Å². The second-order valence-corrected chi connectivity index (χ2v) is 5.41. The molecule has 0 radical (unpaired) electrons. The highest BCUT2D eigenvalue weighted by Crippen LogP contribution is 2.35. The Morgan fingerprint density at radius 1 is 1.18 bits per heavy atom. The van der Waals surface area contributed by atoms with Crippen LogP contribution >= 0.6 is 0 Å². The van der Waals surface area contributed by atoms with Crippen molar-refractivity contribution in [3.63, 3.8) is 0 Å². The van der Waals surface area contributed by atoms with Gasteiger partial charge in [-0.3, -0.25) is 9.59 Å². The van der Waals surface area contributed by atoms with Gasteiger partial charge in [0.25, 0.3) is 5.91 Å². The van der Waals surface area contributed by atoms with E-state index < -0.39 is 11.9 Å². The third-order valence-electron chi connectivity index (χ3n) is 4.13. The molecule has 2 aromatic carbocycles. The Hall–Kier alpha value is -2.62. The first kappa shape index (κ1) is 14.3. The van der Waals surface area contributed by atoms with Crippen molar-refractivity contribution in [1.29, 1.82) is 0 Å². The average molecular weight is 295 g/mol. The summed E-state index contributed by atoms with van der Waals surface area (Å²) >= 11 is 0. The van der Waals surface area contributed by atoms with E-state index in [9.17, 15) is 14.7 Å². The molecule has 0 saturated carbocycles. The maximum Gasteiger partial charge on any atom is 0.311 e. The monoisotopic (exact) mass is 295 g/mol. The molecule has 1 aliphatic rings. The summed E-state index contributed by atoms with van der Waals surface area (Å²) in [5, 5.41) is 9.43. The maximum absolute atomic E-state index is 12.6. The zero-order valence-electron chi connectivity index (χ0n) is 12.3. The predicted molar refractivity (Wildman–Crippen MR) is 84.1 cm³/mol. The fourth-order valence-corrected chi connectivity index (χ4v) is 3.00. The van der Waals surface area contributed by atoms with E-state index in [0.29, 0.717) is 29.8 Å². The van der Waals surface area contributed by atoms with E-state index in [0.717, 1.165) is 5.56 Å². The van der Waals surface area contributed by atoms with Crippen LogP contribution in [0.15, 0.2) is 48.5 Å². The Morgan fingerprint density at radius 2 is 1.86 bits per heavy atom. The number of rotatable bonds is 4. The van der Waals surface area contributed by atoms with Gasteiger partial charge in [0.1, 0.15) is 0 Å². The van der Waals surface area contributed by atoms with Crippen LogP contribution in [0.3, 0.4) is 0 Å². The van der Waals surface area contributed by atoms with E-state index in [2.05, 4.69) is 0 Å². The van der Waals surface area contributed by atoms with E-state index in [-0.39, 0.29) is 5.91 Å². The fraction of sp³-hybridized carbons (Fsp3) is 0.222. The quantitative estimate of drug-likeness (QED) is 0.940. The Labute approximate surface area is 129 Å². The number of fused-ring (bicyclic) bond motifs is 1. The van der Waals surface area contributed by atoms with E-state index in [1.54, 1.807) is 11.0 Å². The minimum atomic E-state index is -0.862. The fourth-order valence-electron chi connectivity index (χ4n) is 3.00. The van der Waals surface area contributed by atoms with E-state index >= 15 is 0 Å². The van der Waals surface area contributed by atoms with Crippen molar-refractivity contribution in [3.05, 3.63) is 65.2 Å². The van der Waals surface area contributed by atoms with Crippen molar-refractivity contribution < 1.29 is 14.7 Å².